The fraction of sp³-hybridized carbons (Fsp3) is 0.238. The Morgan fingerprint density at radius 2 is 2.06 bits per heavy atom. The molecule has 3 aromatic rings. The summed E-state index contributed by atoms with van der Waals surface area (Å²) < 4.78 is 8.95. The molecule has 0 aliphatic carbocycles. The number of azo groups is 1. The van der Waals surface area contributed by atoms with Gasteiger partial charge in [0.25, 0.3) is 0 Å². The van der Waals surface area contributed by atoms with Crippen molar-refractivity contribution >= 4 is 39.8 Å². The molecule has 2 heterocycles. The minimum Gasteiger partial charge on any atom is -0.506 e. The van der Waals surface area contributed by atoms with Crippen LogP contribution in [0.15, 0.2) is 52.7 Å². The molecule has 0 bridgehead atoms. The van der Waals surface area contributed by atoms with Crippen molar-refractivity contribution in [3.63, 3.8) is 0 Å². The molecule has 10 heteroatoms. The van der Waals surface area contributed by atoms with E-state index in [1.807, 2.05) is 35.2 Å². The quantitative estimate of drug-likeness (QED) is 0.452. The van der Waals surface area contributed by atoms with Crippen LogP contribution in [-0.4, -0.2) is 46.4 Å². The van der Waals surface area contributed by atoms with E-state index in [9.17, 15) is 14.7 Å². The zero-order valence-corrected chi connectivity index (χ0v) is 17.5. The summed E-state index contributed by atoms with van der Waals surface area (Å²) >= 11 is 1.09. The lowest BCUT2D eigenvalue weighted by Gasteiger charge is -2.30. The van der Waals surface area contributed by atoms with Crippen molar-refractivity contribution in [2.75, 3.05) is 25.1 Å². The van der Waals surface area contributed by atoms with Crippen LogP contribution in [0.4, 0.5) is 16.5 Å². The molecule has 1 aromatic heterocycles. The zero-order valence-electron chi connectivity index (χ0n) is 16.7. The van der Waals surface area contributed by atoms with E-state index < -0.39 is 0 Å². The summed E-state index contributed by atoms with van der Waals surface area (Å²) in [4.78, 5) is 30.1. The maximum Gasteiger partial charge on any atom is 0.307 e. The van der Waals surface area contributed by atoms with E-state index in [4.69, 9.17) is 0 Å². The number of Topliss-reactive ketones (excluding diaryl/α,β-unsaturated/α-hetero) is 1. The number of anilines is 1. The smallest absolute Gasteiger partial charge is 0.307 e. The van der Waals surface area contributed by atoms with Crippen molar-refractivity contribution in [1.82, 2.24) is 9.36 Å². The summed E-state index contributed by atoms with van der Waals surface area (Å²) in [5.41, 5.74) is 2.04. The van der Waals surface area contributed by atoms with Gasteiger partial charge in [0.1, 0.15) is 11.4 Å². The van der Waals surface area contributed by atoms with Gasteiger partial charge in [-0.15, -0.1) is 10.2 Å². The van der Waals surface area contributed by atoms with E-state index in [1.54, 1.807) is 0 Å². The number of phenolic OH excluding ortho intramolecular Hbond substituents is 1. The van der Waals surface area contributed by atoms with Crippen LogP contribution in [0, 0.1) is 0 Å². The average Bonchev–Trinajstić information content (AvgIpc) is 3.27. The van der Waals surface area contributed by atoms with Crippen LogP contribution in [0.5, 0.6) is 5.75 Å². The number of carbonyl (C=O) groups excluding carboxylic acids is 2. The maximum absolute atomic E-state index is 12.4. The third kappa shape index (κ3) is 4.58. The molecule has 0 atom stereocenters. The number of esters is 1. The van der Waals surface area contributed by atoms with Gasteiger partial charge in [-0.05, 0) is 6.07 Å². The standard InChI is InChI=1S/C21H19N5O4S/c1-30-19(29)8-10-26-9-7-17(27)14-11-15(18(28)12-16(14)26)23-24-21-22-20(25-31-21)13-5-3-2-4-6-13/h2-6,11-12,28H,7-10H2,1H3/b24-23+. The molecular weight excluding hydrogens is 418 g/mol. The Balaban J connectivity index is 1.56. The van der Waals surface area contributed by atoms with Gasteiger partial charge in [-0.2, -0.15) is 9.36 Å². The number of benzene rings is 2. The van der Waals surface area contributed by atoms with Crippen LogP contribution in [0.3, 0.4) is 0 Å². The molecule has 0 fully saturated rings. The number of carbonyl (C=O) groups is 2. The Hall–Kier alpha value is -3.66. The van der Waals surface area contributed by atoms with Crippen molar-refractivity contribution in [2.45, 2.75) is 12.8 Å². The lowest BCUT2D eigenvalue weighted by molar-refractivity contribution is -0.140. The second kappa shape index (κ2) is 9.00. The van der Waals surface area contributed by atoms with Crippen molar-refractivity contribution in [3.8, 4) is 17.1 Å². The summed E-state index contributed by atoms with van der Waals surface area (Å²) in [6, 6.07) is 12.5. The van der Waals surface area contributed by atoms with E-state index in [-0.39, 0.29) is 29.6 Å². The van der Waals surface area contributed by atoms with Gasteiger partial charge in [0.05, 0.1) is 19.2 Å². The van der Waals surface area contributed by atoms with Gasteiger partial charge in [-0.3, -0.25) is 9.59 Å². The topological polar surface area (TPSA) is 117 Å². The van der Waals surface area contributed by atoms with Crippen molar-refractivity contribution in [2.24, 2.45) is 10.2 Å². The average molecular weight is 437 g/mol. The first kappa shape index (κ1) is 20.6. The maximum atomic E-state index is 12.4. The molecule has 1 aliphatic rings. The molecule has 0 radical (unpaired) electrons. The highest BCUT2D eigenvalue weighted by atomic mass is 32.1. The molecule has 9 nitrogen and oxygen atoms in total. The molecule has 1 N–H and O–H groups in total. The molecule has 31 heavy (non-hydrogen) atoms. The van der Waals surface area contributed by atoms with Gasteiger partial charge in [0.2, 0.25) is 5.13 Å². The number of nitrogens with zero attached hydrogens (tertiary/aromatic N) is 5. The predicted molar refractivity (Wildman–Crippen MR) is 115 cm³/mol. The van der Waals surface area contributed by atoms with E-state index in [2.05, 4.69) is 24.3 Å². The number of fused-ring (bicyclic) bond motifs is 1. The summed E-state index contributed by atoms with van der Waals surface area (Å²) in [6.07, 6.45) is 0.500. The second-order valence-electron chi connectivity index (χ2n) is 6.81. The first-order valence-electron chi connectivity index (χ1n) is 9.58. The van der Waals surface area contributed by atoms with Crippen molar-refractivity contribution < 1.29 is 19.4 Å². The highest BCUT2D eigenvalue weighted by Gasteiger charge is 2.25. The summed E-state index contributed by atoms with van der Waals surface area (Å²) in [7, 11) is 1.33. The van der Waals surface area contributed by atoms with Gasteiger partial charge in [-0.25, -0.2) is 0 Å². The molecule has 0 spiro atoms. The van der Waals surface area contributed by atoms with Gasteiger partial charge in [0, 0.05) is 48.2 Å². The number of phenols is 1. The van der Waals surface area contributed by atoms with Crippen molar-refractivity contribution in [3.05, 3.63) is 48.0 Å². The highest BCUT2D eigenvalue weighted by molar-refractivity contribution is 7.09. The van der Waals surface area contributed by atoms with Gasteiger partial charge < -0.3 is 14.7 Å². The molecule has 2 aromatic carbocycles. The Bertz CT molecular complexity index is 1150. The number of rotatable bonds is 6. The third-order valence-electron chi connectivity index (χ3n) is 4.85. The van der Waals surface area contributed by atoms with E-state index >= 15 is 0 Å². The van der Waals surface area contributed by atoms with Gasteiger partial charge in [0.15, 0.2) is 11.6 Å². The number of ketones is 1. The Morgan fingerprint density at radius 1 is 1.26 bits per heavy atom. The monoisotopic (exact) mass is 437 g/mol. The fourth-order valence-corrected chi connectivity index (χ4v) is 3.76. The number of aromatic hydroxyl groups is 1. The molecular formula is C21H19N5O4S. The number of methoxy groups -OCH3 is 1. The van der Waals surface area contributed by atoms with Gasteiger partial charge in [-0.1, -0.05) is 30.3 Å². The lowest BCUT2D eigenvalue weighted by Crippen LogP contribution is -2.33. The first-order valence-corrected chi connectivity index (χ1v) is 10.4. The largest absolute Gasteiger partial charge is 0.506 e. The summed E-state index contributed by atoms with van der Waals surface area (Å²) in [6.45, 7) is 0.858. The van der Waals surface area contributed by atoms with Crippen LogP contribution in [0.25, 0.3) is 11.4 Å². The Morgan fingerprint density at radius 3 is 2.84 bits per heavy atom. The second-order valence-corrected chi connectivity index (χ2v) is 7.54. The fourth-order valence-electron chi connectivity index (χ4n) is 3.24. The molecule has 0 amide bonds. The molecule has 158 valence electrons. The SMILES string of the molecule is COC(=O)CCN1CCC(=O)c2cc(/N=N/c3nc(-c4ccccc4)ns3)c(O)cc21. The van der Waals surface area contributed by atoms with Crippen LogP contribution >= 0.6 is 11.5 Å². The van der Waals surface area contributed by atoms with Crippen LogP contribution < -0.4 is 4.90 Å². The van der Waals surface area contributed by atoms with E-state index in [1.165, 1.54) is 19.2 Å². The molecule has 1 aliphatic heterocycles. The summed E-state index contributed by atoms with van der Waals surface area (Å²) in [5.74, 6) is 0.0433. The van der Waals surface area contributed by atoms with E-state index in [0.717, 1.165) is 17.1 Å². The number of aromatic nitrogens is 2. The van der Waals surface area contributed by atoms with Gasteiger partial charge >= 0.3 is 5.97 Å². The van der Waals surface area contributed by atoms with E-state index in [0.29, 0.717) is 41.7 Å². The lowest BCUT2D eigenvalue weighted by atomic mass is 9.99. The zero-order chi connectivity index (χ0) is 21.8. The predicted octanol–water partition coefficient (Wildman–Crippen LogP) is 4.28. The molecule has 0 saturated carbocycles. The van der Waals surface area contributed by atoms with Crippen molar-refractivity contribution in [1.29, 1.82) is 0 Å². The van der Waals surface area contributed by atoms with Crippen LogP contribution in [0.1, 0.15) is 23.2 Å². The Labute approximate surface area is 182 Å². The third-order valence-corrected chi connectivity index (χ3v) is 5.45. The van der Waals surface area contributed by atoms with Crippen LogP contribution in [-0.2, 0) is 9.53 Å². The molecule has 0 unspecified atom stereocenters. The Kier molecular flexibility index (Phi) is 5.99. The normalized spacial score (nSPS) is 13.5. The number of hydrogen-bond acceptors (Lipinski definition) is 10. The minimum absolute atomic E-state index is 0.0527. The molecule has 0 saturated heterocycles. The minimum atomic E-state index is -0.333. The number of hydrogen-bond donors (Lipinski definition) is 1. The number of ether oxygens (including phenoxy) is 1. The van der Waals surface area contributed by atoms with Crippen LogP contribution in [0.2, 0.25) is 0 Å². The highest BCUT2D eigenvalue weighted by Crippen LogP contribution is 2.38. The first-order chi connectivity index (χ1) is 15.0. The summed E-state index contributed by atoms with van der Waals surface area (Å²) in [5, 5.41) is 18.9. The molecule has 4 rings (SSSR count).